The van der Waals surface area contributed by atoms with Gasteiger partial charge in [-0.3, -0.25) is 4.79 Å². The number of para-hydroxylation sites is 2. The summed E-state index contributed by atoms with van der Waals surface area (Å²) in [6, 6.07) is 19.8. The van der Waals surface area contributed by atoms with E-state index in [1.807, 2.05) is 72.9 Å². The second kappa shape index (κ2) is 11.8. The molecule has 37 heavy (non-hydrogen) atoms. The van der Waals surface area contributed by atoms with Gasteiger partial charge in [0, 0.05) is 39.6 Å². The molecule has 0 spiro atoms. The van der Waals surface area contributed by atoms with Crippen LogP contribution >= 0.6 is 15.9 Å². The first-order valence-electron chi connectivity index (χ1n) is 11.8. The van der Waals surface area contributed by atoms with Gasteiger partial charge in [0.2, 0.25) is 5.91 Å². The second-order valence-corrected chi connectivity index (χ2v) is 9.46. The predicted molar refractivity (Wildman–Crippen MR) is 147 cm³/mol. The molecule has 2 unspecified atom stereocenters. The zero-order valence-electron chi connectivity index (χ0n) is 20.6. The molecule has 9 heteroatoms. The molecule has 0 radical (unpaired) electrons. The summed E-state index contributed by atoms with van der Waals surface area (Å²) in [5, 5.41) is 6.78. The Bertz CT molecular complexity index is 1390. The Balaban J connectivity index is 1.62. The van der Waals surface area contributed by atoms with Crippen molar-refractivity contribution >= 4 is 38.8 Å². The molecule has 0 saturated heterocycles. The van der Waals surface area contributed by atoms with Crippen LogP contribution in [-0.2, 0) is 4.79 Å². The average Bonchev–Trinajstić information content (AvgIpc) is 3.32. The van der Waals surface area contributed by atoms with Crippen molar-refractivity contribution in [1.82, 2.24) is 15.6 Å². The molecule has 0 saturated carbocycles. The first kappa shape index (κ1) is 26.1. The monoisotopic (exact) mass is 564 g/mol. The number of carbonyl (C=O) groups excluding carboxylic acids is 2. The summed E-state index contributed by atoms with van der Waals surface area (Å²) in [6.45, 7) is 0.299. The number of urea groups is 1. The average molecular weight is 565 g/mol. The summed E-state index contributed by atoms with van der Waals surface area (Å²) in [6.07, 6.45) is 1.99. The Labute approximate surface area is 223 Å². The van der Waals surface area contributed by atoms with Gasteiger partial charge in [-0.2, -0.15) is 0 Å². The molecule has 1 aromatic heterocycles. The van der Waals surface area contributed by atoms with Gasteiger partial charge in [0.25, 0.3) is 0 Å². The maximum absolute atomic E-state index is 13.1. The molecule has 0 aliphatic heterocycles. The SMILES string of the molecule is COc1cccc(C(CNC(=O)CC(NC(N)=O)c2ccc(Br)cc2)c2c[nH]c3ccccc23)c1OC. The van der Waals surface area contributed by atoms with Crippen molar-refractivity contribution in [1.29, 1.82) is 0 Å². The molecule has 3 amide bonds. The third kappa shape index (κ3) is 6.06. The van der Waals surface area contributed by atoms with Gasteiger partial charge < -0.3 is 30.8 Å². The van der Waals surface area contributed by atoms with Crippen LogP contribution in [0.5, 0.6) is 11.5 Å². The number of benzene rings is 3. The van der Waals surface area contributed by atoms with Gasteiger partial charge >= 0.3 is 6.03 Å². The number of rotatable bonds is 10. The van der Waals surface area contributed by atoms with Crippen LogP contribution < -0.4 is 25.8 Å². The summed E-state index contributed by atoms with van der Waals surface area (Å²) in [4.78, 5) is 28.1. The summed E-state index contributed by atoms with van der Waals surface area (Å²) >= 11 is 3.40. The molecule has 1 heterocycles. The highest BCUT2D eigenvalue weighted by Gasteiger charge is 2.25. The molecule has 8 nitrogen and oxygen atoms in total. The lowest BCUT2D eigenvalue weighted by molar-refractivity contribution is -0.121. The predicted octanol–water partition coefficient (Wildman–Crippen LogP) is 5.00. The highest BCUT2D eigenvalue weighted by Crippen LogP contribution is 2.40. The zero-order chi connectivity index (χ0) is 26.4. The van der Waals surface area contributed by atoms with Crippen molar-refractivity contribution < 1.29 is 19.1 Å². The summed E-state index contributed by atoms with van der Waals surface area (Å²) in [7, 11) is 3.20. The fourth-order valence-corrected chi connectivity index (χ4v) is 4.81. The number of hydrogen-bond acceptors (Lipinski definition) is 4. The molecular formula is C28H29BrN4O4. The number of halogens is 1. The summed E-state index contributed by atoms with van der Waals surface area (Å²) in [5.74, 6) is 0.753. The zero-order valence-corrected chi connectivity index (χ0v) is 22.2. The van der Waals surface area contributed by atoms with Crippen LogP contribution in [-0.4, -0.2) is 37.7 Å². The van der Waals surface area contributed by atoms with Gasteiger partial charge in [0.05, 0.1) is 26.7 Å². The number of aromatic nitrogens is 1. The number of aromatic amines is 1. The molecule has 192 valence electrons. The third-order valence-corrected chi connectivity index (χ3v) is 6.82. The van der Waals surface area contributed by atoms with E-state index in [1.165, 1.54) is 0 Å². The number of carbonyl (C=O) groups is 2. The van der Waals surface area contributed by atoms with Gasteiger partial charge in [-0.15, -0.1) is 0 Å². The topological polar surface area (TPSA) is 118 Å². The normalized spacial score (nSPS) is 12.5. The second-order valence-electron chi connectivity index (χ2n) is 8.55. The van der Waals surface area contributed by atoms with Gasteiger partial charge in [0.15, 0.2) is 11.5 Å². The molecule has 2 atom stereocenters. The number of nitrogens with one attached hydrogen (secondary N) is 3. The van der Waals surface area contributed by atoms with Crippen LogP contribution in [0, 0.1) is 0 Å². The van der Waals surface area contributed by atoms with E-state index < -0.39 is 12.1 Å². The van der Waals surface area contributed by atoms with E-state index in [1.54, 1.807) is 14.2 Å². The maximum atomic E-state index is 13.1. The highest BCUT2D eigenvalue weighted by molar-refractivity contribution is 9.10. The minimum atomic E-state index is -0.696. The quantitative estimate of drug-likeness (QED) is 0.217. The smallest absolute Gasteiger partial charge is 0.312 e. The minimum Gasteiger partial charge on any atom is -0.493 e. The van der Waals surface area contributed by atoms with Crippen molar-refractivity contribution in [3.05, 3.63) is 94.1 Å². The number of H-pyrrole nitrogens is 1. The van der Waals surface area contributed by atoms with Crippen molar-refractivity contribution in [2.45, 2.75) is 18.4 Å². The van der Waals surface area contributed by atoms with E-state index in [0.717, 1.165) is 32.1 Å². The van der Waals surface area contributed by atoms with Crippen molar-refractivity contribution in [3.63, 3.8) is 0 Å². The Kier molecular flexibility index (Phi) is 8.35. The summed E-state index contributed by atoms with van der Waals surface area (Å²) in [5.41, 5.74) is 9.06. The standard InChI is InChI=1S/C28H29BrN4O4/c1-36-25-9-5-7-20(27(25)37-2)22(21-15-31-23-8-4-3-6-19(21)23)16-32-26(34)14-24(33-28(30)35)17-10-12-18(29)13-11-17/h3-13,15,22,24,31H,14,16H2,1-2H3,(H,32,34)(H3,30,33,35). The van der Waals surface area contributed by atoms with Crippen LogP contribution in [0.15, 0.2) is 77.4 Å². The van der Waals surface area contributed by atoms with Gasteiger partial charge in [-0.25, -0.2) is 4.79 Å². The van der Waals surface area contributed by atoms with Crippen LogP contribution in [0.4, 0.5) is 4.79 Å². The maximum Gasteiger partial charge on any atom is 0.312 e. The van der Waals surface area contributed by atoms with E-state index in [0.29, 0.717) is 18.0 Å². The van der Waals surface area contributed by atoms with Crippen LogP contribution in [0.2, 0.25) is 0 Å². The Morgan fingerprint density at radius 3 is 2.43 bits per heavy atom. The van der Waals surface area contributed by atoms with Crippen LogP contribution in [0.3, 0.4) is 0 Å². The molecule has 0 bridgehead atoms. The first-order chi connectivity index (χ1) is 17.9. The number of nitrogens with two attached hydrogens (primary N) is 1. The van der Waals surface area contributed by atoms with Crippen molar-refractivity contribution in [2.24, 2.45) is 5.73 Å². The lowest BCUT2D eigenvalue weighted by atomic mass is 9.89. The van der Waals surface area contributed by atoms with Crippen molar-refractivity contribution in [3.8, 4) is 11.5 Å². The summed E-state index contributed by atoms with van der Waals surface area (Å²) < 4.78 is 12.2. The minimum absolute atomic E-state index is 0.0282. The molecule has 0 aliphatic rings. The molecule has 0 aliphatic carbocycles. The molecule has 4 aromatic rings. The number of ether oxygens (including phenoxy) is 2. The Morgan fingerprint density at radius 1 is 0.973 bits per heavy atom. The number of primary amides is 1. The largest absolute Gasteiger partial charge is 0.493 e. The van der Waals surface area contributed by atoms with E-state index in [4.69, 9.17) is 15.2 Å². The lowest BCUT2D eigenvalue weighted by Crippen LogP contribution is -2.37. The molecule has 5 N–H and O–H groups in total. The van der Waals surface area contributed by atoms with E-state index in [-0.39, 0.29) is 18.2 Å². The van der Waals surface area contributed by atoms with E-state index >= 15 is 0 Å². The highest BCUT2D eigenvalue weighted by atomic mass is 79.9. The molecule has 3 aromatic carbocycles. The van der Waals surface area contributed by atoms with Gasteiger partial charge in [0.1, 0.15) is 0 Å². The Morgan fingerprint density at radius 2 is 1.73 bits per heavy atom. The number of methoxy groups -OCH3 is 2. The molecule has 4 rings (SSSR count). The first-order valence-corrected chi connectivity index (χ1v) is 12.6. The van der Waals surface area contributed by atoms with E-state index in [9.17, 15) is 9.59 Å². The van der Waals surface area contributed by atoms with Crippen molar-refractivity contribution in [2.75, 3.05) is 20.8 Å². The number of hydrogen-bond donors (Lipinski definition) is 4. The fraction of sp³-hybridized carbons (Fsp3) is 0.214. The van der Waals surface area contributed by atoms with Gasteiger partial charge in [-0.05, 0) is 35.4 Å². The Hall–Kier alpha value is -3.98. The lowest BCUT2D eigenvalue weighted by Gasteiger charge is -2.23. The molecule has 0 fully saturated rings. The van der Waals surface area contributed by atoms with E-state index in [2.05, 4.69) is 31.5 Å². The van der Waals surface area contributed by atoms with Crippen LogP contribution in [0.25, 0.3) is 10.9 Å². The molecular weight excluding hydrogens is 536 g/mol. The third-order valence-electron chi connectivity index (χ3n) is 6.29. The number of amides is 3. The fourth-order valence-electron chi connectivity index (χ4n) is 4.55. The van der Waals surface area contributed by atoms with Gasteiger partial charge in [-0.1, -0.05) is 58.4 Å². The number of fused-ring (bicyclic) bond motifs is 1. The van der Waals surface area contributed by atoms with Crippen LogP contribution in [0.1, 0.15) is 35.1 Å².